The zero-order valence-corrected chi connectivity index (χ0v) is 17.9. The average molecular weight is 426 g/mol. The summed E-state index contributed by atoms with van der Waals surface area (Å²) in [5, 5.41) is -0.612. The third kappa shape index (κ3) is 2.13. The first-order valence-corrected chi connectivity index (χ1v) is 11.7. The monoisotopic (exact) mass is 425 g/mol. The lowest BCUT2D eigenvalue weighted by Gasteiger charge is -2.59. The molecule has 5 unspecified atom stereocenters. The van der Waals surface area contributed by atoms with E-state index in [-0.39, 0.29) is 6.04 Å². The van der Waals surface area contributed by atoms with Crippen LogP contribution in [0.4, 0.5) is 0 Å². The minimum atomic E-state index is -3.72. The van der Waals surface area contributed by atoms with E-state index in [1.54, 1.807) is 7.11 Å². The summed E-state index contributed by atoms with van der Waals surface area (Å²) in [4.78, 5) is 2.35. The first-order valence-electron chi connectivity index (χ1n) is 9.46. The van der Waals surface area contributed by atoms with Gasteiger partial charge in [0.25, 0.3) is 10.1 Å². The Bertz CT molecular complexity index is 1010. The third-order valence-electron chi connectivity index (χ3n) is 7.10. The number of piperidine rings is 1. The van der Waals surface area contributed by atoms with E-state index >= 15 is 0 Å². The van der Waals surface area contributed by atoms with Gasteiger partial charge in [0, 0.05) is 11.6 Å². The van der Waals surface area contributed by atoms with Crippen molar-refractivity contribution in [2.45, 2.75) is 48.3 Å². The van der Waals surface area contributed by atoms with E-state index in [1.807, 2.05) is 19.1 Å². The van der Waals surface area contributed by atoms with Gasteiger partial charge in [0.1, 0.15) is 11.7 Å². The number of benzene rings is 1. The standard InChI is InChI=1S/C20H24ClNO5S/c1-19-18(27-28(4,23)24)13(21)10-12-14-9-11-5-6-15(25-3)17(26-19)16(11)20(12,19)7-8-22(14)2/h5-6,10,13-14,18H,7-9H2,1-4H3. The number of hydrogen-bond acceptors (Lipinski definition) is 6. The molecule has 1 spiro atoms. The summed E-state index contributed by atoms with van der Waals surface area (Å²) >= 11 is 6.72. The molecule has 0 amide bonds. The lowest BCUT2D eigenvalue weighted by molar-refractivity contribution is -0.0719. The van der Waals surface area contributed by atoms with Crippen molar-refractivity contribution in [2.75, 3.05) is 27.0 Å². The molecule has 0 saturated carbocycles. The second kappa shape index (κ2) is 5.65. The molecule has 152 valence electrons. The highest BCUT2D eigenvalue weighted by atomic mass is 35.5. The molecule has 0 N–H and O–H groups in total. The zero-order valence-electron chi connectivity index (χ0n) is 16.4. The summed E-state index contributed by atoms with van der Waals surface area (Å²) in [5.74, 6) is 1.36. The maximum atomic E-state index is 12.1. The molecule has 2 bridgehead atoms. The Morgan fingerprint density at radius 2 is 2.11 bits per heavy atom. The number of hydrogen-bond donors (Lipinski definition) is 0. The largest absolute Gasteiger partial charge is 0.493 e. The predicted molar refractivity (Wildman–Crippen MR) is 106 cm³/mol. The number of methoxy groups -OCH3 is 1. The van der Waals surface area contributed by atoms with E-state index in [4.69, 9.17) is 25.3 Å². The highest BCUT2D eigenvalue weighted by Gasteiger charge is 2.71. The molecule has 5 atom stereocenters. The molecule has 28 heavy (non-hydrogen) atoms. The number of nitrogens with zero attached hydrogens (tertiary/aromatic N) is 1. The molecule has 0 radical (unpaired) electrons. The van der Waals surface area contributed by atoms with Crippen molar-refractivity contribution in [3.05, 3.63) is 34.9 Å². The molecule has 6 nitrogen and oxygen atoms in total. The van der Waals surface area contributed by atoms with Gasteiger partial charge < -0.3 is 9.47 Å². The van der Waals surface area contributed by atoms with Crippen LogP contribution in [0.3, 0.4) is 0 Å². The summed E-state index contributed by atoms with van der Waals surface area (Å²) in [6.07, 6.45) is 3.92. The van der Waals surface area contributed by atoms with Gasteiger partial charge in [-0.05, 0) is 50.6 Å². The molecule has 1 aromatic rings. The van der Waals surface area contributed by atoms with E-state index in [1.165, 1.54) is 11.1 Å². The lowest BCUT2D eigenvalue weighted by atomic mass is 9.51. The number of rotatable bonds is 3. The van der Waals surface area contributed by atoms with Gasteiger partial charge in [-0.2, -0.15) is 8.42 Å². The smallest absolute Gasteiger partial charge is 0.264 e. The average Bonchev–Trinajstić information content (AvgIpc) is 2.88. The first kappa shape index (κ1) is 18.7. The lowest BCUT2D eigenvalue weighted by Crippen LogP contribution is -2.69. The van der Waals surface area contributed by atoms with Crippen LogP contribution in [-0.4, -0.2) is 63.4 Å². The predicted octanol–water partition coefficient (Wildman–Crippen LogP) is 2.24. The third-order valence-corrected chi connectivity index (χ3v) is 8.01. The van der Waals surface area contributed by atoms with E-state index in [0.29, 0.717) is 11.5 Å². The van der Waals surface area contributed by atoms with Crippen LogP contribution in [0.5, 0.6) is 11.5 Å². The van der Waals surface area contributed by atoms with Crippen molar-refractivity contribution in [3.8, 4) is 11.5 Å². The van der Waals surface area contributed by atoms with Crippen molar-refractivity contribution in [3.63, 3.8) is 0 Å². The van der Waals surface area contributed by atoms with Gasteiger partial charge in [-0.3, -0.25) is 9.08 Å². The molecule has 2 aliphatic carbocycles. The fourth-order valence-electron chi connectivity index (χ4n) is 5.95. The number of likely N-dealkylation sites (N-methyl/N-ethyl adjacent to an activating group) is 1. The molecule has 1 fully saturated rings. The zero-order chi connectivity index (χ0) is 20.1. The number of likely N-dealkylation sites (tertiary alicyclic amines) is 1. The maximum absolute atomic E-state index is 12.1. The highest BCUT2D eigenvalue weighted by molar-refractivity contribution is 7.86. The molecule has 8 heteroatoms. The van der Waals surface area contributed by atoms with Gasteiger partial charge >= 0.3 is 0 Å². The first-order chi connectivity index (χ1) is 13.1. The Labute approximate surface area is 170 Å². The second-order valence-electron chi connectivity index (χ2n) is 8.48. The second-order valence-corrected chi connectivity index (χ2v) is 10.6. The molecule has 1 aromatic carbocycles. The molecule has 4 aliphatic rings. The van der Waals surface area contributed by atoms with Crippen LogP contribution in [0.25, 0.3) is 0 Å². The molecule has 0 aromatic heterocycles. The van der Waals surface area contributed by atoms with Crippen molar-refractivity contribution in [1.29, 1.82) is 0 Å². The Kier molecular flexibility index (Phi) is 3.78. The fraction of sp³-hybridized carbons (Fsp3) is 0.600. The minimum absolute atomic E-state index is 0.212. The van der Waals surface area contributed by atoms with E-state index < -0.39 is 32.6 Å². The van der Waals surface area contributed by atoms with Crippen molar-refractivity contribution in [2.24, 2.45) is 0 Å². The minimum Gasteiger partial charge on any atom is -0.493 e. The summed E-state index contributed by atoms with van der Waals surface area (Å²) in [5.41, 5.74) is 2.15. The van der Waals surface area contributed by atoms with E-state index in [0.717, 1.165) is 31.2 Å². The van der Waals surface area contributed by atoms with Gasteiger partial charge in [0.2, 0.25) is 0 Å². The Morgan fingerprint density at radius 3 is 2.79 bits per heavy atom. The maximum Gasteiger partial charge on any atom is 0.264 e. The Hall–Kier alpha value is -1.28. The van der Waals surface area contributed by atoms with Crippen LogP contribution >= 0.6 is 11.6 Å². The number of halogens is 1. The summed E-state index contributed by atoms with van der Waals surface area (Å²) < 4.78 is 41.9. The summed E-state index contributed by atoms with van der Waals surface area (Å²) in [7, 11) is 0.0260. The molecular formula is C20H24ClNO5S. The van der Waals surface area contributed by atoms with Crippen molar-refractivity contribution >= 4 is 21.7 Å². The molecular weight excluding hydrogens is 402 g/mol. The van der Waals surface area contributed by atoms with Crippen LogP contribution in [0.15, 0.2) is 23.8 Å². The van der Waals surface area contributed by atoms with Crippen molar-refractivity contribution < 1.29 is 22.1 Å². The normalized spacial score (nSPS) is 38.5. The Morgan fingerprint density at radius 1 is 1.36 bits per heavy atom. The SMILES string of the molecule is COc1ccc2c3c1OC1(C)C(OS(C)(=O)=O)C(Cl)C=C4C(C2)N(C)CCC431. The topological polar surface area (TPSA) is 65.1 Å². The quantitative estimate of drug-likeness (QED) is 0.420. The van der Waals surface area contributed by atoms with Gasteiger partial charge in [0.05, 0.1) is 24.2 Å². The summed E-state index contributed by atoms with van der Waals surface area (Å²) in [6, 6.07) is 4.25. The highest BCUT2D eigenvalue weighted by Crippen LogP contribution is 2.67. The van der Waals surface area contributed by atoms with Crippen LogP contribution in [0.2, 0.25) is 0 Å². The number of ether oxygens (including phenoxy) is 2. The molecule has 1 saturated heterocycles. The summed E-state index contributed by atoms with van der Waals surface area (Å²) in [6.45, 7) is 2.83. The van der Waals surface area contributed by atoms with Crippen LogP contribution < -0.4 is 9.47 Å². The van der Waals surface area contributed by atoms with Crippen LogP contribution in [0.1, 0.15) is 24.5 Å². The molecule has 2 heterocycles. The fourth-order valence-corrected chi connectivity index (χ4v) is 7.11. The van der Waals surface area contributed by atoms with Gasteiger partial charge in [-0.15, -0.1) is 11.6 Å². The van der Waals surface area contributed by atoms with Crippen LogP contribution in [-0.2, 0) is 26.1 Å². The van der Waals surface area contributed by atoms with E-state index in [2.05, 4.69) is 18.0 Å². The van der Waals surface area contributed by atoms with Gasteiger partial charge in [-0.1, -0.05) is 12.1 Å². The molecule has 5 rings (SSSR count). The van der Waals surface area contributed by atoms with Crippen LogP contribution in [0, 0.1) is 0 Å². The van der Waals surface area contributed by atoms with Crippen molar-refractivity contribution in [1.82, 2.24) is 4.90 Å². The molecule has 2 aliphatic heterocycles. The van der Waals surface area contributed by atoms with Gasteiger partial charge in [0.15, 0.2) is 11.5 Å². The number of alkyl halides is 1. The Balaban J connectivity index is 1.83. The van der Waals surface area contributed by atoms with Gasteiger partial charge in [-0.25, -0.2) is 0 Å². The van der Waals surface area contributed by atoms with E-state index in [9.17, 15) is 8.42 Å².